The number of hydrogen-bond acceptors (Lipinski definition) is 5. The topological polar surface area (TPSA) is 68.5 Å². The molecule has 0 atom stereocenters. The number of thiazole rings is 1. The zero-order chi connectivity index (χ0) is 21.0. The Balaban J connectivity index is 1.18. The van der Waals surface area contributed by atoms with Crippen molar-refractivity contribution in [1.29, 1.82) is 0 Å². The van der Waals surface area contributed by atoms with Crippen molar-refractivity contribution in [3.8, 4) is 17.1 Å². The molecule has 1 aromatic carbocycles. The SMILES string of the molecule is O=C(Cc1csc2nc(-c3ccccc3)cn12)NCc1ccc(OC2CCCC2)nc1. The number of hydrogen-bond donors (Lipinski definition) is 1. The van der Waals surface area contributed by atoms with Gasteiger partial charge in [-0.2, -0.15) is 0 Å². The molecule has 0 unspecified atom stereocenters. The number of carbonyl (C=O) groups is 1. The van der Waals surface area contributed by atoms with Crippen LogP contribution < -0.4 is 10.1 Å². The Morgan fingerprint density at radius 2 is 2.00 bits per heavy atom. The molecule has 0 spiro atoms. The van der Waals surface area contributed by atoms with Gasteiger partial charge in [0.1, 0.15) is 6.10 Å². The molecule has 1 aliphatic carbocycles. The first kappa shape index (κ1) is 19.8. The number of fused-ring (bicyclic) bond motifs is 1. The van der Waals surface area contributed by atoms with Gasteiger partial charge in [0.15, 0.2) is 4.96 Å². The van der Waals surface area contributed by atoms with Crippen LogP contribution in [0.3, 0.4) is 0 Å². The maximum absolute atomic E-state index is 12.5. The molecule has 0 saturated heterocycles. The van der Waals surface area contributed by atoms with Crippen LogP contribution >= 0.6 is 11.3 Å². The van der Waals surface area contributed by atoms with Crippen LogP contribution in [-0.2, 0) is 17.8 Å². The predicted molar refractivity (Wildman–Crippen MR) is 121 cm³/mol. The smallest absolute Gasteiger partial charge is 0.226 e. The average molecular weight is 433 g/mol. The van der Waals surface area contributed by atoms with Crippen molar-refractivity contribution in [2.24, 2.45) is 0 Å². The maximum Gasteiger partial charge on any atom is 0.226 e. The third kappa shape index (κ3) is 4.61. The summed E-state index contributed by atoms with van der Waals surface area (Å²) >= 11 is 1.55. The second kappa shape index (κ2) is 8.89. The van der Waals surface area contributed by atoms with E-state index in [-0.39, 0.29) is 5.91 Å². The molecule has 1 N–H and O–H groups in total. The van der Waals surface area contributed by atoms with Crippen molar-refractivity contribution in [2.45, 2.75) is 44.8 Å². The molecule has 0 radical (unpaired) electrons. The number of imidazole rings is 1. The Kier molecular flexibility index (Phi) is 5.67. The van der Waals surface area contributed by atoms with E-state index in [9.17, 15) is 4.79 Å². The van der Waals surface area contributed by atoms with Gasteiger partial charge in [-0.15, -0.1) is 11.3 Å². The van der Waals surface area contributed by atoms with Gasteiger partial charge >= 0.3 is 0 Å². The van der Waals surface area contributed by atoms with Crippen LogP contribution in [0.15, 0.2) is 60.2 Å². The highest BCUT2D eigenvalue weighted by Crippen LogP contribution is 2.24. The summed E-state index contributed by atoms with van der Waals surface area (Å²) in [5.74, 6) is 0.637. The normalized spacial score (nSPS) is 14.2. The molecule has 1 aliphatic rings. The third-order valence-corrected chi connectivity index (χ3v) is 6.46. The van der Waals surface area contributed by atoms with Crippen molar-refractivity contribution in [2.75, 3.05) is 0 Å². The Hall–Kier alpha value is -3.19. The van der Waals surface area contributed by atoms with E-state index in [1.807, 2.05) is 58.4 Å². The lowest BCUT2D eigenvalue weighted by atomic mass is 10.2. The highest BCUT2D eigenvalue weighted by molar-refractivity contribution is 7.15. The molecule has 5 rings (SSSR count). The van der Waals surface area contributed by atoms with Gasteiger partial charge in [0.25, 0.3) is 0 Å². The minimum absolute atomic E-state index is 0.0269. The van der Waals surface area contributed by atoms with Crippen LogP contribution in [0.4, 0.5) is 0 Å². The van der Waals surface area contributed by atoms with Crippen molar-refractivity contribution >= 4 is 22.2 Å². The molecule has 0 bridgehead atoms. The standard InChI is InChI=1S/C24H24N4O2S/c29-22(25-13-17-10-11-23(26-14-17)30-20-8-4-5-9-20)12-19-16-31-24-27-21(15-28(19)24)18-6-2-1-3-7-18/h1-3,6-7,10-11,14-16,20H,4-5,8-9,12-13H2,(H,25,29). The van der Waals surface area contributed by atoms with E-state index in [4.69, 9.17) is 4.74 Å². The zero-order valence-electron chi connectivity index (χ0n) is 17.2. The van der Waals surface area contributed by atoms with Gasteiger partial charge in [0, 0.05) is 41.6 Å². The van der Waals surface area contributed by atoms with E-state index in [0.717, 1.165) is 40.3 Å². The van der Waals surface area contributed by atoms with Crippen LogP contribution in [0, 0.1) is 0 Å². The van der Waals surface area contributed by atoms with Gasteiger partial charge in [-0.25, -0.2) is 9.97 Å². The lowest BCUT2D eigenvalue weighted by molar-refractivity contribution is -0.120. The van der Waals surface area contributed by atoms with E-state index >= 15 is 0 Å². The molecule has 7 heteroatoms. The van der Waals surface area contributed by atoms with Gasteiger partial charge in [-0.05, 0) is 31.2 Å². The molecule has 31 heavy (non-hydrogen) atoms. The van der Waals surface area contributed by atoms with Crippen molar-refractivity contribution in [3.05, 3.63) is 71.5 Å². The van der Waals surface area contributed by atoms with E-state index < -0.39 is 0 Å². The number of nitrogens with one attached hydrogen (secondary N) is 1. The summed E-state index contributed by atoms with van der Waals surface area (Å²) in [6.45, 7) is 0.446. The largest absolute Gasteiger partial charge is 0.474 e. The zero-order valence-corrected chi connectivity index (χ0v) is 18.0. The number of benzene rings is 1. The van der Waals surface area contributed by atoms with Crippen molar-refractivity contribution in [1.82, 2.24) is 19.7 Å². The van der Waals surface area contributed by atoms with Gasteiger partial charge < -0.3 is 10.1 Å². The summed E-state index contributed by atoms with van der Waals surface area (Å²) in [4.78, 5) is 22.5. The second-order valence-electron chi connectivity index (χ2n) is 7.85. The highest BCUT2D eigenvalue weighted by atomic mass is 32.1. The van der Waals surface area contributed by atoms with Gasteiger partial charge in [0.05, 0.1) is 12.1 Å². The molecular weight excluding hydrogens is 408 g/mol. The summed E-state index contributed by atoms with van der Waals surface area (Å²) < 4.78 is 7.90. The summed E-state index contributed by atoms with van der Waals surface area (Å²) in [7, 11) is 0. The summed E-state index contributed by atoms with van der Waals surface area (Å²) in [5.41, 5.74) is 3.88. The molecule has 1 amide bonds. The fourth-order valence-electron chi connectivity index (χ4n) is 3.89. The molecule has 1 saturated carbocycles. The highest BCUT2D eigenvalue weighted by Gasteiger charge is 2.17. The molecule has 0 aliphatic heterocycles. The Labute approximate surface area is 184 Å². The van der Waals surface area contributed by atoms with Crippen molar-refractivity contribution < 1.29 is 9.53 Å². The molecule has 158 valence electrons. The Bertz CT molecular complexity index is 1160. The minimum atomic E-state index is -0.0269. The number of rotatable bonds is 7. The summed E-state index contributed by atoms with van der Waals surface area (Å²) in [6.07, 6.45) is 9.06. The first-order valence-corrected chi connectivity index (χ1v) is 11.5. The first-order valence-electron chi connectivity index (χ1n) is 10.6. The molecule has 3 aromatic heterocycles. The lowest BCUT2D eigenvalue weighted by Crippen LogP contribution is -2.25. The lowest BCUT2D eigenvalue weighted by Gasteiger charge is -2.12. The average Bonchev–Trinajstić information content (AvgIpc) is 3.53. The predicted octanol–water partition coefficient (Wildman–Crippen LogP) is 4.64. The van der Waals surface area contributed by atoms with E-state index in [2.05, 4.69) is 15.3 Å². The van der Waals surface area contributed by atoms with E-state index in [1.54, 1.807) is 17.5 Å². The molecular formula is C24H24N4O2S. The van der Waals surface area contributed by atoms with Gasteiger partial charge in [-0.3, -0.25) is 9.20 Å². The van der Waals surface area contributed by atoms with Crippen LogP contribution in [0.2, 0.25) is 0 Å². The maximum atomic E-state index is 12.5. The summed E-state index contributed by atoms with van der Waals surface area (Å²) in [5, 5.41) is 4.98. The monoisotopic (exact) mass is 432 g/mol. The number of pyridine rings is 1. The van der Waals surface area contributed by atoms with Crippen LogP contribution in [0.25, 0.3) is 16.2 Å². The number of carbonyl (C=O) groups excluding carboxylic acids is 1. The molecule has 3 heterocycles. The van der Waals surface area contributed by atoms with E-state index in [0.29, 0.717) is 24.9 Å². The van der Waals surface area contributed by atoms with E-state index in [1.165, 1.54) is 12.8 Å². The first-order chi connectivity index (χ1) is 15.2. The number of aromatic nitrogens is 3. The molecule has 4 aromatic rings. The van der Waals surface area contributed by atoms with Gasteiger partial charge in [-0.1, -0.05) is 36.4 Å². The number of amides is 1. The Morgan fingerprint density at radius 3 is 2.77 bits per heavy atom. The van der Waals surface area contributed by atoms with Crippen molar-refractivity contribution in [3.63, 3.8) is 0 Å². The van der Waals surface area contributed by atoms with Crippen LogP contribution in [0.5, 0.6) is 5.88 Å². The van der Waals surface area contributed by atoms with Crippen LogP contribution in [0.1, 0.15) is 36.9 Å². The fourth-order valence-corrected chi connectivity index (χ4v) is 4.77. The number of nitrogens with zero attached hydrogens (tertiary/aromatic N) is 3. The molecule has 1 fully saturated rings. The Morgan fingerprint density at radius 1 is 1.16 bits per heavy atom. The van der Waals surface area contributed by atoms with Crippen LogP contribution in [-0.4, -0.2) is 26.4 Å². The molecule has 6 nitrogen and oxygen atoms in total. The third-order valence-electron chi connectivity index (χ3n) is 5.57. The quantitative estimate of drug-likeness (QED) is 0.462. The minimum Gasteiger partial charge on any atom is -0.474 e. The fraction of sp³-hybridized carbons (Fsp3) is 0.292. The second-order valence-corrected chi connectivity index (χ2v) is 8.69. The van der Waals surface area contributed by atoms with Gasteiger partial charge in [0.2, 0.25) is 11.8 Å². The number of ether oxygens (including phenoxy) is 1. The summed E-state index contributed by atoms with van der Waals surface area (Å²) in [6, 6.07) is 13.9.